The normalized spacial score (nSPS) is 17.0. The Morgan fingerprint density at radius 2 is 1.31 bits per heavy atom. The first-order valence-corrected chi connectivity index (χ1v) is 16.8. The van der Waals surface area contributed by atoms with Crippen LogP contribution in [0.5, 0.6) is 11.5 Å². The lowest BCUT2D eigenvalue weighted by Crippen LogP contribution is -2.51. The maximum atomic E-state index is 14.0. The standard InChI is InChI=1S/C41H44N4O6/c1-28(24-37(46)42-36(26-29-12-8-6-9-13-29)39(48)44(2)31-16-20-33(50-4)21-17-31)25-38(47)43-41(27-35(41)30-14-10-7-11-15-30)40(49)45(3)32-18-22-34(51-5)23-19-32/h6-24,35-36H,25-27H2,1-5H3,(H,42,46)(H,43,47)/b28-24+/t35?,36-,41+/m0/s1. The summed E-state index contributed by atoms with van der Waals surface area (Å²) < 4.78 is 10.5. The van der Waals surface area contributed by atoms with Crippen LogP contribution in [0.25, 0.3) is 0 Å². The maximum Gasteiger partial charge on any atom is 0.253 e. The molecule has 0 aromatic heterocycles. The van der Waals surface area contributed by atoms with Gasteiger partial charge in [-0.3, -0.25) is 19.2 Å². The van der Waals surface area contributed by atoms with E-state index in [0.29, 0.717) is 34.9 Å². The number of amides is 4. The highest BCUT2D eigenvalue weighted by Gasteiger charge is 2.62. The molecule has 5 rings (SSSR count). The summed E-state index contributed by atoms with van der Waals surface area (Å²) in [7, 11) is 6.49. The molecule has 0 radical (unpaired) electrons. The van der Waals surface area contributed by atoms with Gasteiger partial charge in [-0.25, -0.2) is 0 Å². The Morgan fingerprint density at radius 1 is 0.784 bits per heavy atom. The van der Waals surface area contributed by atoms with Crippen LogP contribution in [0.4, 0.5) is 11.4 Å². The molecule has 10 nitrogen and oxygen atoms in total. The maximum absolute atomic E-state index is 14.0. The molecule has 264 valence electrons. The summed E-state index contributed by atoms with van der Waals surface area (Å²) >= 11 is 0. The number of benzene rings is 4. The first-order valence-electron chi connectivity index (χ1n) is 16.8. The van der Waals surface area contributed by atoms with Crippen LogP contribution in [0, 0.1) is 0 Å². The van der Waals surface area contributed by atoms with Crippen LogP contribution in [0.15, 0.2) is 121 Å². The third-order valence-corrected chi connectivity index (χ3v) is 9.18. The van der Waals surface area contributed by atoms with Crippen LogP contribution in [-0.4, -0.2) is 63.5 Å². The van der Waals surface area contributed by atoms with Gasteiger partial charge in [0, 0.05) is 50.3 Å². The molecule has 4 amide bonds. The number of anilines is 2. The van der Waals surface area contributed by atoms with Gasteiger partial charge in [-0.2, -0.15) is 0 Å². The summed E-state index contributed by atoms with van der Waals surface area (Å²) in [6.07, 6.45) is 1.93. The summed E-state index contributed by atoms with van der Waals surface area (Å²) in [6.45, 7) is 1.68. The lowest BCUT2D eigenvalue weighted by atomic mass is 10.0. The molecule has 3 atom stereocenters. The zero-order chi connectivity index (χ0) is 36.5. The van der Waals surface area contributed by atoms with Gasteiger partial charge in [-0.05, 0) is 73.0 Å². The summed E-state index contributed by atoms with van der Waals surface area (Å²) in [4.78, 5) is 57.7. The number of nitrogens with one attached hydrogen (secondary N) is 2. The van der Waals surface area contributed by atoms with Crippen molar-refractivity contribution in [3.05, 3.63) is 132 Å². The lowest BCUT2D eigenvalue weighted by Gasteiger charge is -2.26. The Balaban J connectivity index is 1.29. The van der Waals surface area contributed by atoms with Gasteiger partial charge in [0.1, 0.15) is 23.1 Å². The Hall–Kier alpha value is -5.90. The first kappa shape index (κ1) is 36.4. The fourth-order valence-electron chi connectivity index (χ4n) is 6.25. The minimum Gasteiger partial charge on any atom is -0.497 e. The molecular weight excluding hydrogens is 644 g/mol. The SMILES string of the molecule is COc1ccc(N(C)C(=O)[C@H](Cc2ccccc2)NC(=O)/C=C(\C)CC(=O)N[C@]2(C(=O)N(C)c3ccc(OC)cc3)CC2c2ccccc2)cc1. The molecule has 0 heterocycles. The van der Waals surface area contributed by atoms with Gasteiger partial charge in [0.05, 0.1) is 14.2 Å². The van der Waals surface area contributed by atoms with E-state index in [0.717, 1.165) is 11.1 Å². The van der Waals surface area contributed by atoms with Crippen LogP contribution in [0.1, 0.15) is 36.8 Å². The lowest BCUT2D eigenvalue weighted by molar-refractivity contribution is -0.128. The van der Waals surface area contributed by atoms with Gasteiger partial charge < -0.3 is 29.9 Å². The van der Waals surface area contributed by atoms with E-state index in [2.05, 4.69) is 10.6 Å². The molecule has 4 aromatic carbocycles. The molecule has 0 saturated heterocycles. The van der Waals surface area contributed by atoms with E-state index < -0.39 is 17.5 Å². The minimum absolute atomic E-state index is 0.112. The van der Waals surface area contributed by atoms with Crippen LogP contribution < -0.4 is 29.9 Å². The summed E-state index contributed by atoms with van der Waals surface area (Å²) in [5.41, 5.74) is 2.47. The second kappa shape index (κ2) is 16.2. The van der Waals surface area contributed by atoms with Crippen molar-refractivity contribution in [1.29, 1.82) is 0 Å². The van der Waals surface area contributed by atoms with Crippen LogP contribution in [0.2, 0.25) is 0 Å². The average molecular weight is 689 g/mol. The quantitative estimate of drug-likeness (QED) is 0.171. The van der Waals surface area contributed by atoms with Gasteiger partial charge in [0.25, 0.3) is 5.91 Å². The largest absolute Gasteiger partial charge is 0.497 e. The smallest absolute Gasteiger partial charge is 0.253 e. The Bertz CT molecular complexity index is 1860. The van der Waals surface area contributed by atoms with Crippen molar-refractivity contribution in [1.82, 2.24) is 10.6 Å². The summed E-state index contributed by atoms with van der Waals surface area (Å²) in [6, 6.07) is 32.4. The van der Waals surface area contributed by atoms with Gasteiger partial charge in [0.2, 0.25) is 17.7 Å². The van der Waals surface area contributed by atoms with Crippen molar-refractivity contribution in [3.8, 4) is 11.5 Å². The van der Waals surface area contributed by atoms with Crippen molar-refractivity contribution < 1.29 is 28.7 Å². The number of rotatable bonds is 14. The number of methoxy groups -OCH3 is 2. The van der Waals surface area contributed by atoms with Crippen molar-refractivity contribution >= 4 is 35.0 Å². The second-order valence-corrected chi connectivity index (χ2v) is 12.8. The van der Waals surface area contributed by atoms with E-state index >= 15 is 0 Å². The fraction of sp³-hybridized carbons (Fsp3) is 0.268. The third-order valence-electron chi connectivity index (χ3n) is 9.18. The predicted molar refractivity (Wildman–Crippen MR) is 198 cm³/mol. The molecule has 2 N–H and O–H groups in total. The van der Waals surface area contributed by atoms with E-state index in [1.54, 1.807) is 88.7 Å². The molecule has 1 aliphatic rings. The molecule has 4 aromatic rings. The molecular formula is C41H44N4O6. The highest BCUT2D eigenvalue weighted by Crippen LogP contribution is 2.53. The number of carbonyl (C=O) groups is 4. The molecule has 51 heavy (non-hydrogen) atoms. The number of likely N-dealkylation sites (N-methyl/N-ethyl adjacent to an activating group) is 2. The monoisotopic (exact) mass is 688 g/mol. The van der Waals surface area contributed by atoms with Crippen molar-refractivity contribution in [2.45, 2.75) is 43.7 Å². The van der Waals surface area contributed by atoms with Gasteiger partial charge in [-0.1, -0.05) is 66.2 Å². The number of carbonyl (C=O) groups excluding carboxylic acids is 4. The van der Waals surface area contributed by atoms with Crippen LogP contribution in [-0.2, 0) is 25.6 Å². The van der Waals surface area contributed by atoms with E-state index in [1.165, 1.54) is 11.0 Å². The first-order chi connectivity index (χ1) is 24.5. The highest BCUT2D eigenvalue weighted by molar-refractivity contribution is 6.06. The summed E-state index contributed by atoms with van der Waals surface area (Å²) in [5.74, 6) is -0.312. The third kappa shape index (κ3) is 8.83. The van der Waals surface area contributed by atoms with Crippen molar-refractivity contribution in [2.75, 3.05) is 38.1 Å². The topological polar surface area (TPSA) is 117 Å². The molecule has 1 fully saturated rings. The summed E-state index contributed by atoms with van der Waals surface area (Å²) in [5, 5.41) is 5.89. The van der Waals surface area contributed by atoms with E-state index in [-0.39, 0.29) is 36.5 Å². The molecule has 0 spiro atoms. The number of ether oxygens (including phenoxy) is 2. The second-order valence-electron chi connectivity index (χ2n) is 12.8. The zero-order valence-corrected chi connectivity index (χ0v) is 29.6. The number of hydrogen-bond acceptors (Lipinski definition) is 6. The Labute approximate surface area is 299 Å². The number of nitrogens with zero attached hydrogens (tertiary/aromatic N) is 2. The molecule has 10 heteroatoms. The van der Waals surface area contributed by atoms with E-state index in [9.17, 15) is 19.2 Å². The minimum atomic E-state index is -1.14. The Kier molecular flexibility index (Phi) is 11.6. The predicted octanol–water partition coefficient (Wildman–Crippen LogP) is 5.44. The average Bonchev–Trinajstić information content (AvgIpc) is 3.88. The molecule has 1 unspecified atom stereocenters. The fourth-order valence-corrected chi connectivity index (χ4v) is 6.25. The van der Waals surface area contributed by atoms with Crippen molar-refractivity contribution in [2.24, 2.45) is 0 Å². The van der Waals surface area contributed by atoms with Gasteiger partial charge in [0.15, 0.2) is 0 Å². The molecule has 1 aliphatic carbocycles. The molecule has 1 saturated carbocycles. The van der Waals surface area contributed by atoms with E-state index in [4.69, 9.17) is 9.47 Å². The number of hydrogen-bond donors (Lipinski definition) is 2. The van der Waals surface area contributed by atoms with Gasteiger partial charge >= 0.3 is 0 Å². The Morgan fingerprint density at radius 3 is 1.86 bits per heavy atom. The highest BCUT2D eigenvalue weighted by atomic mass is 16.5. The van der Waals surface area contributed by atoms with Crippen LogP contribution in [0.3, 0.4) is 0 Å². The molecule has 0 aliphatic heterocycles. The van der Waals surface area contributed by atoms with Crippen LogP contribution >= 0.6 is 0 Å². The van der Waals surface area contributed by atoms with Gasteiger partial charge in [-0.15, -0.1) is 0 Å². The zero-order valence-electron chi connectivity index (χ0n) is 29.6. The van der Waals surface area contributed by atoms with Crippen molar-refractivity contribution in [3.63, 3.8) is 0 Å². The van der Waals surface area contributed by atoms with E-state index in [1.807, 2.05) is 60.7 Å². The molecule has 0 bridgehead atoms.